The molecule has 1 aliphatic carbocycles. The van der Waals surface area contributed by atoms with Crippen LogP contribution in [0.5, 0.6) is 5.75 Å². The number of aryl methyl sites for hydroxylation is 1. The molecular formula is C26H27ClN2O2. The van der Waals surface area contributed by atoms with Gasteiger partial charge >= 0.3 is 0 Å². The summed E-state index contributed by atoms with van der Waals surface area (Å²) in [5, 5.41) is 0.405. The fourth-order valence-electron chi connectivity index (χ4n) is 2.96. The standard InChI is InChI=1S/C24H21ClN2O2.C2H6/c1-17-13-22(29-16-21-3-2-12-26-24(21)25)14-23(28)27(17)15-20-10-8-19(9-11-20)7-6-18-4-5-18;1-2/h2-3,8-14,18H,4-5,15-16H2,1H3;1-2H3. The van der Waals surface area contributed by atoms with Crippen LogP contribution < -0.4 is 10.3 Å². The van der Waals surface area contributed by atoms with Gasteiger partial charge in [0.05, 0.1) is 6.54 Å². The smallest absolute Gasteiger partial charge is 0.254 e. The topological polar surface area (TPSA) is 44.1 Å². The number of ether oxygens (including phenoxy) is 1. The Hall–Kier alpha value is -3.03. The maximum atomic E-state index is 12.6. The zero-order valence-corrected chi connectivity index (χ0v) is 18.9. The van der Waals surface area contributed by atoms with Gasteiger partial charge in [0.15, 0.2) is 0 Å². The molecule has 2 heterocycles. The predicted molar refractivity (Wildman–Crippen MR) is 126 cm³/mol. The fourth-order valence-corrected chi connectivity index (χ4v) is 3.14. The molecule has 5 heteroatoms. The van der Waals surface area contributed by atoms with Crippen LogP contribution in [0.15, 0.2) is 59.5 Å². The summed E-state index contributed by atoms with van der Waals surface area (Å²) in [6, 6.07) is 15.1. The molecule has 1 fully saturated rings. The Balaban J connectivity index is 0.00000132. The summed E-state index contributed by atoms with van der Waals surface area (Å²) in [5.74, 6) is 7.58. The molecule has 1 aliphatic rings. The van der Waals surface area contributed by atoms with Crippen LogP contribution in [-0.2, 0) is 13.2 Å². The number of rotatable bonds is 5. The predicted octanol–water partition coefficient (Wildman–Crippen LogP) is 5.62. The van der Waals surface area contributed by atoms with E-state index in [1.165, 1.54) is 18.9 Å². The number of pyridine rings is 2. The van der Waals surface area contributed by atoms with Gasteiger partial charge in [0.25, 0.3) is 5.56 Å². The van der Waals surface area contributed by atoms with Gasteiger partial charge in [-0.15, -0.1) is 0 Å². The number of halogens is 1. The second-order valence-corrected chi connectivity index (χ2v) is 7.60. The van der Waals surface area contributed by atoms with Gasteiger partial charge in [-0.2, -0.15) is 0 Å². The molecule has 1 aromatic carbocycles. The Bertz CT molecular complexity index is 1140. The quantitative estimate of drug-likeness (QED) is 0.386. The van der Waals surface area contributed by atoms with Crippen molar-refractivity contribution in [2.24, 2.45) is 5.92 Å². The fraction of sp³-hybridized carbons (Fsp3) is 0.308. The van der Waals surface area contributed by atoms with Crippen molar-refractivity contribution < 1.29 is 4.74 Å². The maximum Gasteiger partial charge on any atom is 0.254 e. The monoisotopic (exact) mass is 434 g/mol. The number of hydrogen-bond acceptors (Lipinski definition) is 3. The minimum Gasteiger partial charge on any atom is -0.489 e. The molecule has 1 saturated carbocycles. The van der Waals surface area contributed by atoms with Crippen LogP contribution in [0.1, 0.15) is 49.1 Å². The lowest BCUT2D eigenvalue weighted by Crippen LogP contribution is -2.22. The first-order valence-electron chi connectivity index (χ1n) is 10.6. The third-order valence-electron chi connectivity index (χ3n) is 4.83. The molecule has 4 rings (SSSR count). The molecule has 0 spiro atoms. The number of benzene rings is 1. The molecule has 0 saturated heterocycles. The summed E-state index contributed by atoms with van der Waals surface area (Å²) < 4.78 is 7.48. The highest BCUT2D eigenvalue weighted by Crippen LogP contribution is 2.27. The van der Waals surface area contributed by atoms with Crippen molar-refractivity contribution in [2.45, 2.75) is 46.8 Å². The van der Waals surface area contributed by atoms with Crippen LogP contribution in [-0.4, -0.2) is 9.55 Å². The maximum absolute atomic E-state index is 12.6. The first kappa shape index (κ1) is 22.7. The van der Waals surface area contributed by atoms with E-state index < -0.39 is 0 Å². The summed E-state index contributed by atoms with van der Waals surface area (Å²) >= 11 is 6.05. The van der Waals surface area contributed by atoms with Gasteiger partial charge in [-0.3, -0.25) is 4.79 Å². The van der Waals surface area contributed by atoms with E-state index >= 15 is 0 Å². The van der Waals surface area contributed by atoms with Crippen molar-refractivity contribution in [2.75, 3.05) is 0 Å². The van der Waals surface area contributed by atoms with E-state index in [1.807, 2.05) is 57.2 Å². The molecule has 0 bridgehead atoms. The van der Waals surface area contributed by atoms with Gasteiger partial charge in [-0.05, 0) is 49.6 Å². The normalized spacial score (nSPS) is 12.3. The van der Waals surface area contributed by atoms with Crippen LogP contribution in [0.4, 0.5) is 0 Å². The largest absolute Gasteiger partial charge is 0.489 e. The Labute approximate surface area is 188 Å². The molecule has 2 aromatic heterocycles. The Morgan fingerprint density at radius 3 is 2.55 bits per heavy atom. The van der Waals surface area contributed by atoms with Gasteiger partial charge in [0.1, 0.15) is 17.5 Å². The minimum atomic E-state index is -0.102. The summed E-state index contributed by atoms with van der Waals surface area (Å²) in [5.41, 5.74) is 3.59. The van der Waals surface area contributed by atoms with Crippen molar-refractivity contribution in [1.29, 1.82) is 0 Å². The summed E-state index contributed by atoms with van der Waals surface area (Å²) in [6.07, 6.45) is 4.08. The highest BCUT2D eigenvalue weighted by molar-refractivity contribution is 6.30. The van der Waals surface area contributed by atoms with E-state index in [1.54, 1.807) is 16.8 Å². The van der Waals surface area contributed by atoms with E-state index in [-0.39, 0.29) is 12.2 Å². The molecule has 0 atom stereocenters. The molecule has 0 aliphatic heterocycles. The SMILES string of the molecule is CC.Cc1cc(OCc2cccnc2Cl)cc(=O)n1Cc1ccc(C#CC2CC2)cc1. The average Bonchev–Trinajstić information content (AvgIpc) is 3.61. The molecular weight excluding hydrogens is 408 g/mol. The average molecular weight is 435 g/mol. The van der Waals surface area contributed by atoms with Crippen LogP contribution in [0.25, 0.3) is 0 Å². The van der Waals surface area contributed by atoms with Crippen molar-refractivity contribution in [1.82, 2.24) is 9.55 Å². The van der Waals surface area contributed by atoms with Crippen molar-refractivity contribution >= 4 is 11.6 Å². The molecule has 0 amide bonds. The Kier molecular flexibility index (Phi) is 7.92. The molecule has 0 radical (unpaired) electrons. The van der Waals surface area contributed by atoms with Crippen molar-refractivity contribution in [3.8, 4) is 17.6 Å². The summed E-state index contributed by atoms with van der Waals surface area (Å²) in [7, 11) is 0. The number of nitrogens with zero attached hydrogens (tertiary/aromatic N) is 2. The second kappa shape index (κ2) is 10.8. The minimum absolute atomic E-state index is 0.102. The molecule has 3 aromatic rings. The van der Waals surface area contributed by atoms with E-state index in [0.717, 1.165) is 22.4 Å². The van der Waals surface area contributed by atoms with Gasteiger partial charge in [0, 0.05) is 35.0 Å². The highest BCUT2D eigenvalue weighted by Gasteiger charge is 2.17. The third-order valence-corrected chi connectivity index (χ3v) is 5.17. The first-order chi connectivity index (χ1) is 15.1. The molecule has 0 N–H and O–H groups in total. The third kappa shape index (κ3) is 6.47. The zero-order chi connectivity index (χ0) is 22.2. The van der Waals surface area contributed by atoms with Crippen LogP contribution in [0.2, 0.25) is 5.15 Å². The van der Waals surface area contributed by atoms with Gasteiger partial charge in [-0.25, -0.2) is 4.98 Å². The molecule has 160 valence electrons. The summed E-state index contributed by atoms with van der Waals surface area (Å²) in [6.45, 7) is 6.68. The van der Waals surface area contributed by atoms with Crippen LogP contribution in [0.3, 0.4) is 0 Å². The van der Waals surface area contributed by atoms with E-state index in [2.05, 4.69) is 16.8 Å². The summed E-state index contributed by atoms with van der Waals surface area (Å²) in [4.78, 5) is 16.6. The molecule has 31 heavy (non-hydrogen) atoms. The lowest BCUT2D eigenvalue weighted by atomic mass is 10.1. The second-order valence-electron chi connectivity index (χ2n) is 7.24. The van der Waals surface area contributed by atoms with E-state index in [9.17, 15) is 4.79 Å². The highest BCUT2D eigenvalue weighted by atomic mass is 35.5. The zero-order valence-electron chi connectivity index (χ0n) is 18.2. The molecule has 0 unspecified atom stereocenters. The Morgan fingerprint density at radius 2 is 1.90 bits per heavy atom. The first-order valence-corrected chi connectivity index (χ1v) is 11.0. The number of aromatic nitrogens is 2. The van der Waals surface area contributed by atoms with Crippen molar-refractivity contribution in [3.63, 3.8) is 0 Å². The Morgan fingerprint density at radius 1 is 1.16 bits per heavy atom. The van der Waals surface area contributed by atoms with E-state index in [4.69, 9.17) is 16.3 Å². The van der Waals surface area contributed by atoms with E-state index in [0.29, 0.717) is 23.4 Å². The van der Waals surface area contributed by atoms with Gasteiger partial charge < -0.3 is 9.30 Å². The van der Waals surface area contributed by atoms with Gasteiger partial charge in [-0.1, -0.05) is 55.5 Å². The molecule has 4 nitrogen and oxygen atoms in total. The van der Waals surface area contributed by atoms with Crippen LogP contribution in [0, 0.1) is 24.7 Å². The number of hydrogen-bond donors (Lipinski definition) is 0. The van der Waals surface area contributed by atoms with Crippen LogP contribution >= 0.6 is 11.6 Å². The lowest BCUT2D eigenvalue weighted by molar-refractivity contribution is 0.304. The lowest BCUT2D eigenvalue weighted by Gasteiger charge is -2.13. The van der Waals surface area contributed by atoms with Crippen molar-refractivity contribution in [3.05, 3.63) is 92.6 Å². The van der Waals surface area contributed by atoms with Gasteiger partial charge in [0.2, 0.25) is 0 Å².